The summed E-state index contributed by atoms with van der Waals surface area (Å²) < 4.78 is 1.83. The van der Waals surface area contributed by atoms with E-state index < -0.39 is 0 Å². The molecule has 0 saturated heterocycles. The van der Waals surface area contributed by atoms with Crippen LogP contribution in [-0.2, 0) is 16.6 Å². The monoisotopic (exact) mass is 392 g/mol. The van der Waals surface area contributed by atoms with Gasteiger partial charge >= 0.3 is 0 Å². The van der Waals surface area contributed by atoms with Gasteiger partial charge in [0.25, 0.3) is 0 Å². The fraction of sp³-hybridized carbons (Fsp3) is 0.640. The second-order valence-corrected chi connectivity index (χ2v) is 10.5. The molecule has 3 saturated carbocycles. The first-order valence-electron chi connectivity index (χ1n) is 11.2. The molecule has 154 valence electrons. The normalized spacial score (nSPS) is 40.5. The van der Waals surface area contributed by atoms with Crippen molar-refractivity contribution in [3.8, 4) is 0 Å². The lowest BCUT2D eigenvalue weighted by atomic mass is 9.47. The standard InChI is InChI=1S/C25H32N2O2/c1-15-17(14-27(4)26-15)11-16-12-22-20-6-5-18-13-19(28)7-9-24(18,2)21(20)8-10-25(22,3)23(16)29/h11,13-14,20-22H,5-10,12H2,1-4H3/b16-11-/t20-,21+,22+,24+,25-/m0/s1. The molecule has 0 aliphatic heterocycles. The molecule has 4 aliphatic carbocycles. The summed E-state index contributed by atoms with van der Waals surface area (Å²) in [6.45, 7) is 6.64. The van der Waals surface area contributed by atoms with Crippen LogP contribution in [0.25, 0.3) is 6.08 Å². The highest BCUT2D eigenvalue weighted by molar-refractivity contribution is 6.06. The van der Waals surface area contributed by atoms with Crippen molar-refractivity contribution in [2.24, 2.45) is 35.6 Å². The second kappa shape index (κ2) is 6.26. The van der Waals surface area contributed by atoms with Crippen molar-refractivity contribution in [3.05, 3.63) is 34.7 Å². The summed E-state index contributed by atoms with van der Waals surface area (Å²) in [5, 5.41) is 4.44. The summed E-state index contributed by atoms with van der Waals surface area (Å²) in [5.74, 6) is 2.32. The van der Waals surface area contributed by atoms with Crippen molar-refractivity contribution in [1.29, 1.82) is 0 Å². The van der Waals surface area contributed by atoms with Crippen molar-refractivity contribution in [1.82, 2.24) is 9.78 Å². The summed E-state index contributed by atoms with van der Waals surface area (Å²) in [7, 11) is 1.93. The molecule has 1 heterocycles. The van der Waals surface area contributed by atoms with Crippen molar-refractivity contribution in [3.63, 3.8) is 0 Å². The molecule has 5 atom stereocenters. The van der Waals surface area contributed by atoms with Gasteiger partial charge in [-0.1, -0.05) is 19.4 Å². The van der Waals surface area contributed by atoms with Gasteiger partial charge in [-0.3, -0.25) is 14.3 Å². The molecule has 0 amide bonds. The molecule has 0 aromatic carbocycles. The molecule has 1 aromatic rings. The molecular formula is C25H32N2O2. The number of rotatable bonds is 1. The van der Waals surface area contributed by atoms with Gasteiger partial charge in [0.1, 0.15) is 0 Å². The van der Waals surface area contributed by atoms with Crippen molar-refractivity contribution >= 4 is 17.6 Å². The Morgan fingerprint density at radius 1 is 1.10 bits per heavy atom. The molecule has 5 rings (SSSR count). The van der Waals surface area contributed by atoms with Crippen molar-refractivity contribution in [2.45, 2.75) is 65.7 Å². The number of Topliss-reactive ketones (excluding diaryl/α,β-unsaturated/α-hetero) is 1. The lowest BCUT2D eigenvalue weighted by Crippen LogP contribution is -2.50. The number of carbonyl (C=O) groups is 2. The Balaban J connectivity index is 1.49. The molecule has 4 heteroatoms. The van der Waals surface area contributed by atoms with E-state index in [9.17, 15) is 9.59 Å². The van der Waals surface area contributed by atoms with Crippen LogP contribution in [0.3, 0.4) is 0 Å². The summed E-state index contributed by atoms with van der Waals surface area (Å²) in [5.41, 5.74) is 4.39. The van der Waals surface area contributed by atoms with Crippen LogP contribution in [-0.4, -0.2) is 21.3 Å². The molecular weight excluding hydrogens is 360 g/mol. The number of fused-ring (bicyclic) bond motifs is 5. The van der Waals surface area contributed by atoms with E-state index in [1.54, 1.807) is 0 Å². The lowest BCUT2D eigenvalue weighted by Gasteiger charge is -2.56. The number of ketones is 2. The van der Waals surface area contributed by atoms with Gasteiger partial charge in [-0.2, -0.15) is 5.10 Å². The van der Waals surface area contributed by atoms with Crippen LogP contribution in [0.4, 0.5) is 0 Å². The van der Waals surface area contributed by atoms with Crippen molar-refractivity contribution in [2.75, 3.05) is 0 Å². The zero-order valence-electron chi connectivity index (χ0n) is 18.1. The molecule has 4 aliphatic rings. The Hall–Kier alpha value is -1.97. The Morgan fingerprint density at radius 3 is 2.62 bits per heavy atom. The minimum atomic E-state index is -0.217. The first-order chi connectivity index (χ1) is 13.7. The average Bonchev–Trinajstić information content (AvgIpc) is 3.12. The Bertz CT molecular complexity index is 967. The summed E-state index contributed by atoms with van der Waals surface area (Å²) >= 11 is 0. The summed E-state index contributed by atoms with van der Waals surface area (Å²) in [4.78, 5) is 25.5. The lowest BCUT2D eigenvalue weighted by molar-refractivity contribution is -0.130. The molecule has 3 fully saturated rings. The highest BCUT2D eigenvalue weighted by Crippen LogP contribution is 2.65. The molecule has 4 nitrogen and oxygen atoms in total. The highest BCUT2D eigenvalue weighted by Gasteiger charge is 2.60. The van der Waals surface area contributed by atoms with Gasteiger partial charge in [-0.05, 0) is 86.3 Å². The second-order valence-electron chi connectivity index (χ2n) is 10.5. The topological polar surface area (TPSA) is 52.0 Å². The van der Waals surface area contributed by atoms with Gasteiger partial charge in [0, 0.05) is 30.6 Å². The number of carbonyl (C=O) groups excluding carboxylic acids is 2. The first kappa shape index (κ1) is 19.0. The van der Waals surface area contributed by atoms with Gasteiger partial charge in [-0.25, -0.2) is 0 Å². The van der Waals surface area contributed by atoms with Gasteiger partial charge in [0.05, 0.1) is 5.69 Å². The SMILES string of the molecule is Cc1nn(C)cc1/C=C1/C[C@@H]2[C@H]3CCC4=CC(=O)CC[C@@]4(C)[C@@H]3CC[C@]2(C)C1=O. The van der Waals surface area contributed by atoms with Crippen LogP contribution in [0.1, 0.15) is 70.1 Å². The van der Waals surface area contributed by atoms with E-state index in [0.717, 1.165) is 55.4 Å². The van der Waals surface area contributed by atoms with Gasteiger partial charge in [-0.15, -0.1) is 0 Å². The predicted molar refractivity (Wildman–Crippen MR) is 113 cm³/mol. The minimum absolute atomic E-state index is 0.160. The van der Waals surface area contributed by atoms with E-state index in [4.69, 9.17) is 0 Å². The highest BCUT2D eigenvalue weighted by atomic mass is 16.1. The van der Waals surface area contributed by atoms with E-state index >= 15 is 0 Å². The van der Waals surface area contributed by atoms with Crippen LogP contribution in [0.2, 0.25) is 0 Å². The largest absolute Gasteiger partial charge is 0.295 e. The number of nitrogens with zero attached hydrogens (tertiary/aromatic N) is 2. The van der Waals surface area contributed by atoms with E-state index in [2.05, 4.69) is 25.0 Å². The number of hydrogen-bond donors (Lipinski definition) is 0. The fourth-order valence-electron chi connectivity index (χ4n) is 7.31. The molecule has 0 bridgehead atoms. The maximum Gasteiger partial charge on any atom is 0.165 e. The Kier molecular flexibility index (Phi) is 4.11. The minimum Gasteiger partial charge on any atom is -0.295 e. The third kappa shape index (κ3) is 2.67. The van der Waals surface area contributed by atoms with E-state index in [-0.39, 0.29) is 10.8 Å². The maximum absolute atomic E-state index is 13.5. The number of allylic oxidation sites excluding steroid dienone is 2. The number of hydrogen-bond acceptors (Lipinski definition) is 3. The number of aryl methyl sites for hydroxylation is 2. The third-order valence-corrected chi connectivity index (χ3v) is 8.98. The molecule has 29 heavy (non-hydrogen) atoms. The van der Waals surface area contributed by atoms with Gasteiger partial charge < -0.3 is 0 Å². The van der Waals surface area contributed by atoms with Crippen molar-refractivity contribution < 1.29 is 9.59 Å². The van der Waals surface area contributed by atoms with Crippen LogP contribution in [0, 0.1) is 35.5 Å². The Labute approximate surface area is 173 Å². The smallest absolute Gasteiger partial charge is 0.165 e. The third-order valence-electron chi connectivity index (χ3n) is 8.98. The van der Waals surface area contributed by atoms with E-state index in [0.29, 0.717) is 35.7 Å². The zero-order chi connectivity index (χ0) is 20.6. The molecule has 0 radical (unpaired) electrons. The van der Waals surface area contributed by atoms with Gasteiger partial charge in [0.15, 0.2) is 11.6 Å². The average molecular weight is 393 g/mol. The zero-order valence-corrected chi connectivity index (χ0v) is 18.1. The Morgan fingerprint density at radius 2 is 1.90 bits per heavy atom. The maximum atomic E-state index is 13.5. The van der Waals surface area contributed by atoms with Crippen LogP contribution < -0.4 is 0 Å². The molecule has 0 unspecified atom stereocenters. The van der Waals surface area contributed by atoms with E-state index in [1.807, 2.05) is 30.9 Å². The molecule has 0 N–H and O–H groups in total. The predicted octanol–water partition coefficient (Wildman–Crippen LogP) is 4.82. The van der Waals surface area contributed by atoms with Gasteiger partial charge in [0.2, 0.25) is 0 Å². The first-order valence-corrected chi connectivity index (χ1v) is 11.2. The number of aromatic nitrogens is 2. The van der Waals surface area contributed by atoms with E-state index in [1.165, 1.54) is 5.57 Å². The van der Waals surface area contributed by atoms with Crippen LogP contribution in [0.5, 0.6) is 0 Å². The fourth-order valence-corrected chi connectivity index (χ4v) is 7.31. The quantitative estimate of drug-likeness (QED) is 0.644. The van der Waals surface area contributed by atoms with Crippen LogP contribution in [0.15, 0.2) is 23.4 Å². The summed E-state index contributed by atoms with van der Waals surface area (Å²) in [6.07, 6.45) is 12.9. The van der Waals surface area contributed by atoms with Crippen LogP contribution >= 0.6 is 0 Å². The summed E-state index contributed by atoms with van der Waals surface area (Å²) in [6, 6.07) is 0. The molecule has 1 aromatic heterocycles. The molecule has 0 spiro atoms.